The maximum atomic E-state index is 5.87. The third-order valence-electron chi connectivity index (χ3n) is 3.03. The van der Waals surface area contributed by atoms with E-state index in [-0.39, 0.29) is 0 Å². The van der Waals surface area contributed by atoms with Crippen LogP contribution in [0.15, 0.2) is 53.8 Å². The Kier molecular flexibility index (Phi) is 6.03. The SMILES string of the molecule is CN=C(NCCc1cccnc1)NCc1ccc(Cl)cc1. The lowest BCUT2D eigenvalue weighted by atomic mass is 10.2. The largest absolute Gasteiger partial charge is 0.356 e. The Labute approximate surface area is 130 Å². The summed E-state index contributed by atoms with van der Waals surface area (Å²) in [5.41, 5.74) is 2.37. The molecule has 0 saturated heterocycles. The van der Waals surface area contributed by atoms with E-state index in [0.717, 1.165) is 29.5 Å². The van der Waals surface area contributed by atoms with Gasteiger partial charge in [-0.25, -0.2) is 0 Å². The number of nitrogens with one attached hydrogen (secondary N) is 2. The van der Waals surface area contributed by atoms with Gasteiger partial charge in [0.15, 0.2) is 5.96 Å². The van der Waals surface area contributed by atoms with E-state index < -0.39 is 0 Å². The molecule has 21 heavy (non-hydrogen) atoms. The van der Waals surface area contributed by atoms with Gasteiger partial charge in [-0.1, -0.05) is 29.8 Å². The predicted octanol–water partition coefficient (Wildman–Crippen LogP) is 2.64. The van der Waals surface area contributed by atoms with Gasteiger partial charge in [-0.2, -0.15) is 0 Å². The summed E-state index contributed by atoms with van der Waals surface area (Å²) in [5, 5.41) is 7.30. The molecule has 2 rings (SSSR count). The van der Waals surface area contributed by atoms with Crippen LogP contribution in [0.2, 0.25) is 5.02 Å². The zero-order chi connectivity index (χ0) is 14.9. The van der Waals surface area contributed by atoms with Crippen LogP contribution in [0.4, 0.5) is 0 Å². The molecule has 1 aromatic heterocycles. The van der Waals surface area contributed by atoms with Crippen LogP contribution in [-0.2, 0) is 13.0 Å². The highest BCUT2D eigenvalue weighted by molar-refractivity contribution is 6.30. The summed E-state index contributed by atoms with van der Waals surface area (Å²) in [5.74, 6) is 0.786. The first-order valence-electron chi connectivity index (χ1n) is 6.86. The molecule has 0 radical (unpaired) electrons. The van der Waals surface area contributed by atoms with Gasteiger partial charge in [-0.15, -0.1) is 0 Å². The van der Waals surface area contributed by atoms with Crippen molar-refractivity contribution >= 4 is 17.6 Å². The minimum atomic E-state index is 0.712. The lowest BCUT2D eigenvalue weighted by Gasteiger charge is -2.12. The van der Waals surface area contributed by atoms with Gasteiger partial charge in [0.05, 0.1) is 0 Å². The number of halogens is 1. The van der Waals surface area contributed by atoms with Crippen molar-refractivity contribution in [1.82, 2.24) is 15.6 Å². The van der Waals surface area contributed by atoms with Crippen LogP contribution < -0.4 is 10.6 Å². The van der Waals surface area contributed by atoms with E-state index >= 15 is 0 Å². The molecule has 0 unspecified atom stereocenters. The number of nitrogens with zero attached hydrogens (tertiary/aromatic N) is 2. The Balaban J connectivity index is 1.74. The summed E-state index contributed by atoms with van der Waals surface area (Å²) in [7, 11) is 1.77. The normalized spacial score (nSPS) is 11.2. The van der Waals surface area contributed by atoms with Crippen LogP contribution in [0, 0.1) is 0 Å². The Bertz CT molecular complexity index is 567. The minimum Gasteiger partial charge on any atom is -0.356 e. The number of rotatable bonds is 5. The van der Waals surface area contributed by atoms with E-state index in [1.54, 1.807) is 13.2 Å². The first-order valence-corrected chi connectivity index (χ1v) is 7.23. The van der Waals surface area contributed by atoms with Gasteiger partial charge in [0.25, 0.3) is 0 Å². The van der Waals surface area contributed by atoms with Crippen molar-refractivity contribution in [2.45, 2.75) is 13.0 Å². The smallest absolute Gasteiger partial charge is 0.191 e. The molecule has 0 bridgehead atoms. The Morgan fingerprint density at radius 1 is 1.14 bits per heavy atom. The molecule has 0 fully saturated rings. The first-order chi connectivity index (χ1) is 10.3. The molecule has 0 saturated carbocycles. The van der Waals surface area contributed by atoms with E-state index in [9.17, 15) is 0 Å². The van der Waals surface area contributed by atoms with Crippen molar-refractivity contribution in [2.75, 3.05) is 13.6 Å². The highest BCUT2D eigenvalue weighted by atomic mass is 35.5. The highest BCUT2D eigenvalue weighted by Gasteiger charge is 1.99. The molecule has 0 amide bonds. The van der Waals surface area contributed by atoms with Crippen LogP contribution in [0.1, 0.15) is 11.1 Å². The molecule has 0 spiro atoms. The lowest BCUT2D eigenvalue weighted by molar-refractivity contribution is 0.793. The summed E-state index contributed by atoms with van der Waals surface area (Å²) in [6, 6.07) is 11.8. The number of hydrogen-bond acceptors (Lipinski definition) is 2. The van der Waals surface area contributed by atoms with Crippen molar-refractivity contribution in [3.63, 3.8) is 0 Å². The predicted molar refractivity (Wildman–Crippen MR) is 87.6 cm³/mol. The average Bonchev–Trinajstić information content (AvgIpc) is 2.53. The number of guanidine groups is 1. The van der Waals surface area contributed by atoms with Gasteiger partial charge in [-0.3, -0.25) is 9.98 Å². The van der Waals surface area contributed by atoms with E-state index in [0.29, 0.717) is 6.54 Å². The molecule has 4 nitrogen and oxygen atoms in total. The van der Waals surface area contributed by atoms with Crippen LogP contribution in [-0.4, -0.2) is 24.5 Å². The molecule has 2 aromatic rings. The zero-order valence-corrected chi connectivity index (χ0v) is 12.8. The van der Waals surface area contributed by atoms with Gasteiger partial charge in [0.1, 0.15) is 0 Å². The second kappa shape index (κ2) is 8.27. The molecule has 2 N–H and O–H groups in total. The third kappa shape index (κ3) is 5.44. The molecule has 5 heteroatoms. The summed E-state index contributed by atoms with van der Waals surface area (Å²) in [6.07, 6.45) is 4.57. The molecule has 110 valence electrons. The summed E-state index contributed by atoms with van der Waals surface area (Å²) in [6.45, 7) is 1.52. The van der Waals surface area contributed by atoms with Crippen molar-refractivity contribution in [2.24, 2.45) is 4.99 Å². The van der Waals surface area contributed by atoms with Crippen molar-refractivity contribution in [3.8, 4) is 0 Å². The second-order valence-corrected chi connectivity index (χ2v) is 5.03. The summed E-state index contributed by atoms with van der Waals surface area (Å²) >= 11 is 5.87. The maximum absolute atomic E-state index is 5.87. The number of aliphatic imine (C=N–C) groups is 1. The third-order valence-corrected chi connectivity index (χ3v) is 3.28. The fourth-order valence-corrected chi connectivity index (χ4v) is 2.01. The highest BCUT2D eigenvalue weighted by Crippen LogP contribution is 2.08. The molecule has 1 heterocycles. The number of hydrogen-bond donors (Lipinski definition) is 2. The average molecular weight is 303 g/mol. The van der Waals surface area contributed by atoms with Crippen LogP contribution in [0.3, 0.4) is 0 Å². The van der Waals surface area contributed by atoms with Gasteiger partial charge in [-0.05, 0) is 35.7 Å². The maximum Gasteiger partial charge on any atom is 0.191 e. The number of aromatic nitrogens is 1. The topological polar surface area (TPSA) is 49.3 Å². The minimum absolute atomic E-state index is 0.712. The van der Waals surface area contributed by atoms with Gasteiger partial charge >= 0.3 is 0 Å². The molecular weight excluding hydrogens is 284 g/mol. The summed E-state index contributed by atoms with van der Waals surface area (Å²) in [4.78, 5) is 8.31. The lowest BCUT2D eigenvalue weighted by Crippen LogP contribution is -2.37. The van der Waals surface area contributed by atoms with Crippen LogP contribution in [0.5, 0.6) is 0 Å². The van der Waals surface area contributed by atoms with E-state index in [1.165, 1.54) is 5.56 Å². The molecule has 0 aliphatic rings. The summed E-state index contributed by atoms with van der Waals surface area (Å²) < 4.78 is 0. The molecule has 0 aliphatic carbocycles. The number of benzene rings is 1. The molecular formula is C16H19ClN4. The van der Waals surface area contributed by atoms with Crippen LogP contribution >= 0.6 is 11.6 Å². The van der Waals surface area contributed by atoms with Crippen molar-refractivity contribution < 1.29 is 0 Å². The number of pyridine rings is 1. The fourth-order valence-electron chi connectivity index (χ4n) is 1.88. The Morgan fingerprint density at radius 3 is 2.62 bits per heavy atom. The molecule has 0 atom stereocenters. The quantitative estimate of drug-likeness (QED) is 0.659. The standard InChI is InChI=1S/C16H19ClN4/c1-18-16(20-10-8-13-3-2-9-19-11-13)21-12-14-4-6-15(17)7-5-14/h2-7,9,11H,8,10,12H2,1H3,(H2,18,20,21). The Hall–Kier alpha value is -2.07. The van der Waals surface area contributed by atoms with Gasteiger partial charge in [0.2, 0.25) is 0 Å². The fraction of sp³-hybridized carbons (Fsp3) is 0.250. The zero-order valence-electron chi connectivity index (χ0n) is 12.0. The molecule has 1 aromatic carbocycles. The van der Waals surface area contributed by atoms with E-state index in [4.69, 9.17) is 11.6 Å². The Morgan fingerprint density at radius 2 is 1.95 bits per heavy atom. The second-order valence-electron chi connectivity index (χ2n) is 4.59. The van der Waals surface area contributed by atoms with E-state index in [2.05, 4.69) is 26.7 Å². The van der Waals surface area contributed by atoms with E-state index in [1.807, 2.05) is 36.5 Å². The van der Waals surface area contributed by atoms with Crippen LogP contribution in [0.25, 0.3) is 0 Å². The monoisotopic (exact) mass is 302 g/mol. The van der Waals surface area contributed by atoms with Gasteiger partial charge in [0, 0.05) is 37.6 Å². The van der Waals surface area contributed by atoms with Crippen molar-refractivity contribution in [1.29, 1.82) is 0 Å². The molecule has 0 aliphatic heterocycles. The first kappa shape index (κ1) is 15.3. The van der Waals surface area contributed by atoms with Crippen molar-refractivity contribution in [3.05, 3.63) is 64.9 Å². The van der Waals surface area contributed by atoms with Gasteiger partial charge < -0.3 is 10.6 Å².